The first kappa shape index (κ1) is 17.5. The molecule has 0 spiro atoms. The summed E-state index contributed by atoms with van der Waals surface area (Å²) in [6.45, 7) is 5.84. The maximum absolute atomic E-state index is 11.7. The number of nitro benzene ring substituents is 1. The van der Waals surface area contributed by atoms with Gasteiger partial charge in [-0.25, -0.2) is 13.1 Å². The van der Waals surface area contributed by atoms with Crippen LogP contribution in [0, 0.1) is 15.5 Å². The van der Waals surface area contributed by atoms with E-state index < -0.39 is 14.9 Å². The molecule has 0 saturated carbocycles. The number of nitro groups is 1. The summed E-state index contributed by atoms with van der Waals surface area (Å²) in [6.07, 6.45) is 0.305. The largest absolute Gasteiger partial charge is 0.327 e. The van der Waals surface area contributed by atoms with Gasteiger partial charge in [0, 0.05) is 17.7 Å². The van der Waals surface area contributed by atoms with Crippen LogP contribution < -0.4 is 10.5 Å². The van der Waals surface area contributed by atoms with E-state index in [9.17, 15) is 18.5 Å². The fourth-order valence-electron chi connectivity index (χ4n) is 1.71. The van der Waals surface area contributed by atoms with Crippen molar-refractivity contribution in [3.63, 3.8) is 0 Å². The van der Waals surface area contributed by atoms with Gasteiger partial charge in [-0.05, 0) is 24.9 Å². The first-order valence-corrected chi connectivity index (χ1v) is 7.94. The summed E-state index contributed by atoms with van der Waals surface area (Å²) >= 11 is 0. The number of nitrogens with zero attached hydrogens (tertiary/aromatic N) is 1. The van der Waals surface area contributed by atoms with Crippen LogP contribution in [0.3, 0.4) is 0 Å². The summed E-state index contributed by atoms with van der Waals surface area (Å²) in [5.74, 6) is 0. The van der Waals surface area contributed by atoms with Gasteiger partial charge in [0.1, 0.15) is 0 Å². The Balaban J connectivity index is 3.27. The van der Waals surface area contributed by atoms with Crippen LogP contribution in [-0.4, -0.2) is 26.4 Å². The average molecular weight is 315 g/mol. The molecule has 0 heterocycles. The van der Waals surface area contributed by atoms with Crippen LogP contribution >= 0.6 is 0 Å². The quantitative estimate of drug-likeness (QED) is 0.629. The van der Waals surface area contributed by atoms with Crippen molar-refractivity contribution < 1.29 is 13.3 Å². The van der Waals surface area contributed by atoms with Crippen molar-refractivity contribution in [3.8, 4) is 0 Å². The molecule has 1 aromatic carbocycles. The van der Waals surface area contributed by atoms with Crippen LogP contribution in [0.15, 0.2) is 23.1 Å². The van der Waals surface area contributed by atoms with Crippen LogP contribution in [0.25, 0.3) is 0 Å². The summed E-state index contributed by atoms with van der Waals surface area (Å²) in [5, 5.41) is 11.2. The SMILES string of the molecule is CNS(=O)(=O)c1ccc(CC(N)C(C)(C)C)c([N+](=O)[O-])c1. The number of nitrogens with two attached hydrogens (primary N) is 1. The minimum Gasteiger partial charge on any atom is -0.327 e. The van der Waals surface area contributed by atoms with Gasteiger partial charge in [-0.1, -0.05) is 26.8 Å². The molecule has 8 heteroatoms. The highest BCUT2D eigenvalue weighted by molar-refractivity contribution is 7.89. The topological polar surface area (TPSA) is 115 Å². The molecular weight excluding hydrogens is 294 g/mol. The molecule has 0 bridgehead atoms. The van der Waals surface area contributed by atoms with Crippen LogP contribution in [0.2, 0.25) is 0 Å². The first-order valence-electron chi connectivity index (χ1n) is 6.45. The zero-order valence-electron chi connectivity index (χ0n) is 12.6. The predicted molar refractivity (Wildman–Crippen MR) is 80.5 cm³/mol. The van der Waals surface area contributed by atoms with Crippen LogP contribution in [-0.2, 0) is 16.4 Å². The lowest BCUT2D eigenvalue weighted by Crippen LogP contribution is -2.37. The third kappa shape index (κ3) is 4.23. The molecule has 0 aromatic heterocycles. The van der Waals surface area contributed by atoms with Crippen LogP contribution in [0.4, 0.5) is 5.69 Å². The Morgan fingerprint density at radius 3 is 2.38 bits per heavy atom. The van der Waals surface area contributed by atoms with Gasteiger partial charge in [0.15, 0.2) is 0 Å². The third-order valence-electron chi connectivity index (χ3n) is 3.38. The molecule has 1 unspecified atom stereocenters. The highest BCUT2D eigenvalue weighted by Crippen LogP contribution is 2.27. The summed E-state index contributed by atoms with van der Waals surface area (Å²) in [7, 11) is -2.46. The second kappa shape index (κ2) is 6.08. The maximum atomic E-state index is 11.7. The molecule has 0 amide bonds. The van der Waals surface area contributed by atoms with Crippen molar-refractivity contribution in [2.75, 3.05) is 7.05 Å². The van der Waals surface area contributed by atoms with Gasteiger partial charge in [-0.15, -0.1) is 0 Å². The lowest BCUT2D eigenvalue weighted by Gasteiger charge is -2.27. The van der Waals surface area contributed by atoms with E-state index in [0.717, 1.165) is 6.07 Å². The van der Waals surface area contributed by atoms with E-state index in [0.29, 0.717) is 12.0 Å². The second-order valence-electron chi connectivity index (χ2n) is 5.93. The van der Waals surface area contributed by atoms with Gasteiger partial charge in [-0.3, -0.25) is 10.1 Å². The molecule has 118 valence electrons. The minimum atomic E-state index is -3.71. The van der Waals surface area contributed by atoms with E-state index in [1.54, 1.807) is 0 Å². The first-order chi connectivity index (χ1) is 9.49. The Morgan fingerprint density at radius 1 is 1.38 bits per heavy atom. The van der Waals surface area contributed by atoms with Crippen molar-refractivity contribution >= 4 is 15.7 Å². The van der Waals surface area contributed by atoms with E-state index in [1.165, 1.54) is 19.2 Å². The molecule has 3 N–H and O–H groups in total. The standard InChI is InChI=1S/C13H21N3O4S/c1-13(2,3)12(14)7-9-5-6-10(21(19,20)15-4)8-11(9)16(17)18/h5-6,8,12,15H,7,14H2,1-4H3. The Hall–Kier alpha value is -1.51. The summed E-state index contributed by atoms with van der Waals surface area (Å²) in [4.78, 5) is 10.5. The van der Waals surface area contributed by atoms with Gasteiger partial charge >= 0.3 is 0 Å². The highest BCUT2D eigenvalue weighted by Gasteiger charge is 2.26. The van der Waals surface area contributed by atoms with Gasteiger partial charge in [0.2, 0.25) is 10.0 Å². The molecule has 0 fully saturated rings. The number of nitrogens with one attached hydrogen (secondary N) is 1. The smallest absolute Gasteiger partial charge is 0.273 e. The Bertz CT molecular complexity index is 635. The summed E-state index contributed by atoms with van der Waals surface area (Å²) in [6, 6.07) is 3.59. The Morgan fingerprint density at radius 2 is 1.95 bits per heavy atom. The molecule has 21 heavy (non-hydrogen) atoms. The highest BCUT2D eigenvalue weighted by atomic mass is 32.2. The average Bonchev–Trinajstić information content (AvgIpc) is 2.37. The molecule has 0 saturated heterocycles. The zero-order chi connectivity index (χ0) is 16.4. The molecule has 1 atom stereocenters. The monoisotopic (exact) mass is 315 g/mol. The third-order valence-corrected chi connectivity index (χ3v) is 4.80. The normalized spacial score (nSPS) is 14.0. The van der Waals surface area contributed by atoms with Crippen LogP contribution in [0.5, 0.6) is 0 Å². The van der Waals surface area contributed by atoms with E-state index in [2.05, 4.69) is 4.72 Å². The number of rotatable bonds is 5. The number of benzene rings is 1. The van der Waals surface area contributed by atoms with Crippen molar-refractivity contribution in [2.24, 2.45) is 11.1 Å². The van der Waals surface area contributed by atoms with E-state index in [4.69, 9.17) is 5.73 Å². The molecule has 0 aliphatic rings. The number of sulfonamides is 1. The fraction of sp³-hybridized carbons (Fsp3) is 0.538. The lowest BCUT2D eigenvalue weighted by molar-refractivity contribution is -0.385. The van der Waals surface area contributed by atoms with Crippen molar-refractivity contribution in [1.82, 2.24) is 4.72 Å². The van der Waals surface area contributed by atoms with Gasteiger partial charge in [0.25, 0.3) is 5.69 Å². The zero-order valence-corrected chi connectivity index (χ0v) is 13.4. The Labute approximate surface area is 124 Å². The molecule has 0 aliphatic heterocycles. The molecule has 1 rings (SSSR count). The number of hydrogen-bond acceptors (Lipinski definition) is 5. The lowest BCUT2D eigenvalue weighted by atomic mass is 9.83. The van der Waals surface area contributed by atoms with Crippen molar-refractivity contribution in [2.45, 2.75) is 38.1 Å². The van der Waals surface area contributed by atoms with Gasteiger partial charge in [0.05, 0.1) is 9.82 Å². The molecular formula is C13H21N3O4S. The molecule has 0 aliphatic carbocycles. The van der Waals surface area contributed by atoms with Gasteiger partial charge in [-0.2, -0.15) is 0 Å². The Kier molecular flexibility index (Phi) is 5.08. The second-order valence-corrected chi connectivity index (χ2v) is 7.82. The van der Waals surface area contributed by atoms with E-state index >= 15 is 0 Å². The fourth-order valence-corrected chi connectivity index (χ4v) is 2.46. The molecule has 7 nitrogen and oxygen atoms in total. The van der Waals surface area contributed by atoms with Crippen LogP contribution in [0.1, 0.15) is 26.3 Å². The van der Waals surface area contributed by atoms with Crippen molar-refractivity contribution in [1.29, 1.82) is 0 Å². The molecule has 1 aromatic rings. The predicted octanol–water partition coefficient (Wildman–Crippen LogP) is 1.42. The molecule has 0 radical (unpaired) electrons. The van der Waals surface area contributed by atoms with E-state index in [-0.39, 0.29) is 22.0 Å². The summed E-state index contributed by atoms with van der Waals surface area (Å²) < 4.78 is 25.6. The van der Waals surface area contributed by atoms with Gasteiger partial charge < -0.3 is 5.73 Å². The van der Waals surface area contributed by atoms with Crippen molar-refractivity contribution in [3.05, 3.63) is 33.9 Å². The maximum Gasteiger partial charge on any atom is 0.273 e. The van der Waals surface area contributed by atoms with E-state index in [1.807, 2.05) is 20.8 Å². The minimum absolute atomic E-state index is 0.134. The summed E-state index contributed by atoms with van der Waals surface area (Å²) in [5.41, 5.74) is 6.04. The number of hydrogen-bond donors (Lipinski definition) is 2.